The molecular formula is C22H24N2O2S2. The van der Waals surface area contributed by atoms with Gasteiger partial charge in [-0.3, -0.25) is 9.36 Å². The third-order valence-electron chi connectivity index (χ3n) is 5.82. The average Bonchev–Trinajstić information content (AvgIpc) is 3.41. The van der Waals surface area contributed by atoms with Gasteiger partial charge in [-0.05, 0) is 55.7 Å². The van der Waals surface area contributed by atoms with E-state index in [1.165, 1.54) is 21.6 Å². The number of hydrogen-bond acceptors (Lipinski definition) is 5. The molecule has 0 spiro atoms. The van der Waals surface area contributed by atoms with E-state index in [1.54, 1.807) is 23.1 Å². The summed E-state index contributed by atoms with van der Waals surface area (Å²) in [7, 11) is 0. The fourth-order valence-electron chi connectivity index (χ4n) is 4.24. The molecule has 1 aliphatic heterocycles. The largest absolute Gasteiger partial charge is 0.376 e. The van der Waals surface area contributed by atoms with Gasteiger partial charge in [-0.15, -0.1) is 11.3 Å². The molecule has 0 N–H and O–H groups in total. The van der Waals surface area contributed by atoms with Gasteiger partial charge in [-0.2, -0.15) is 0 Å². The van der Waals surface area contributed by atoms with Gasteiger partial charge in [0, 0.05) is 17.2 Å². The van der Waals surface area contributed by atoms with Gasteiger partial charge in [0.1, 0.15) is 4.83 Å². The first kappa shape index (κ1) is 18.4. The van der Waals surface area contributed by atoms with Crippen LogP contribution in [-0.4, -0.2) is 22.3 Å². The van der Waals surface area contributed by atoms with Crippen LogP contribution in [0.25, 0.3) is 10.2 Å². The average molecular weight is 413 g/mol. The predicted octanol–water partition coefficient (Wildman–Crippen LogP) is 4.73. The Morgan fingerprint density at radius 3 is 3.00 bits per heavy atom. The zero-order chi connectivity index (χ0) is 19.1. The summed E-state index contributed by atoms with van der Waals surface area (Å²) in [5, 5.41) is 1.70. The number of benzene rings is 1. The first-order valence-electron chi connectivity index (χ1n) is 10.0. The Morgan fingerprint density at radius 2 is 2.18 bits per heavy atom. The van der Waals surface area contributed by atoms with Crippen molar-refractivity contribution in [3.05, 3.63) is 56.2 Å². The van der Waals surface area contributed by atoms with Crippen LogP contribution in [0.1, 0.15) is 40.8 Å². The second-order valence-corrected chi connectivity index (χ2v) is 9.72. The number of fused-ring (bicyclic) bond motifs is 3. The molecule has 6 heteroatoms. The van der Waals surface area contributed by atoms with Crippen molar-refractivity contribution in [2.75, 3.05) is 6.61 Å². The maximum atomic E-state index is 13.5. The number of aromatic nitrogens is 2. The van der Waals surface area contributed by atoms with Gasteiger partial charge in [-0.1, -0.05) is 36.0 Å². The molecule has 5 rings (SSSR count). The van der Waals surface area contributed by atoms with Gasteiger partial charge in [0.05, 0.1) is 18.0 Å². The molecule has 2 aliphatic rings. The first-order valence-corrected chi connectivity index (χ1v) is 11.8. The van der Waals surface area contributed by atoms with Crippen LogP contribution < -0.4 is 5.56 Å². The smallest absolute Gasteiger partial charge is 0.263 e. The van der Waals surface area contributed by atoms with E-state index < -0.39 is 0 Å². The molecule has 1 fully saturated rings. The maximum Gasteiger partial charge on any atom is 0.263 e. The van der Waals surface area contributed by atoms with Crippen molar-refractivity contribution in [2.24, 2.45) is 0 Å². The highest BCUT2D eigenvalue weighted by molar-refractivity contribution is 7.98. The zero-order valence-corrected chi connectivity index (χ0v) is 17.7. The number of thiophene rings is 1. The quantitative estimate of drug-likeness (QED) is 0.449. The topological polar surface area (TPSA) is 44.1 Å². The van der Waals surface area contributed by atoms with Crippen LogP contribution in [0.5, 0.6) is 0 Å². The minimum Gasteiger partial charge on any atom is -0.376 e. The summed E-state index contributed by atoms with van der Waals surface area (Å²) in [6, 6.07) is 8.43. The molecule has 2 aromatic heterocycles. The van der Waals surface area contributed by atoms with Crippen molar-refractivity contribution >= 4 is 33.3 Å². The van der Waals surface area contributed by atoms with Gasteiger partial charge in [0.2, 0.25) is 0 Å². The van der Waals surface area contributed by atoms with E-state index in [0.29, 0.717) is 6.54 Å². The highest BCUT2D eigenvalue weighted by Gasteiger charge is 2.25. The Balaban J connectivity index is 1.55. The summed E-state index contributed by atoms with van der Waals surface area (Å²) in [6.45, 7) is 3.55. The number of thioether (sulfide) groups is 1. The summed E-state index contributed by atoms with van der Waals surface area (Å²) >= 11 is 3.39. The molecule has 28 heavy (non-hydrogen) atoms. The molecule has 146 valence electrons. The predicted molar refractivity (Wildman–Crippen MR) is 116 cm³/mol. The lowest BCUT2D eigenvalue weighted by atomic mass is 10.1. The molecular weight excluding hydrogens is 388 g/mol. The van der Waals surface area contributed by atoms with Crippen LogP contribution in [0.3, 0.4) is 0 Å². The lowest BCUT2D eigenvalue weighted by Crippen LogP contribution is -2.28. The summed E-state index contributed by atoms with van der Waals surface area (Å²) in [4.78, 5) is 20.8. The first-order chi connectivity index (χ1) is 13.7. The molecule has 0 saturated carbocycles. The van der Waals surface area contributed by atoms with E-state index in [0.717, 1.165) is 59.8 Å². The molecule has 3 heterocycles. The van der Waals surface area contributed by atoms with Crippen LogP contribution in [0.4, 0.5) is 0 Å². The molecule has 0 unspecified atom stereocenters. The second-order valence-electron chi connectivity index (χ2n) is 7.70. The number of ether oxygens (including phenoxy) is 1. The van der Waals surface area contributed by atoms with Crippen molar-refractivity contribution in [3.63, 3.8) is 0 Å². The maximum absolute atomic E-state index is 13.5. The molecule has 4 nitrogen and oxygen atoms in total. The van der Waals surface area contributed by atoms with Crippen LogP contribution >= 0.6 is 23.1 Å². The summed E-state index contributed by atoms with van der Waals surface area (Å²) in [5.41, 5.74) is 3.96. The molecule has 1 aromatic carbocycles. The van der Waals surface area contributed by atoms with Gasteiger partial charge < -0.3 is 4.74 Å². The Kier molecular flexibility index (Phi) is 5.03. The minimum atomic E-state index is 0.126. The van der Waals surface area contributed by atoms with E-state index in [1.807, 2.05) is 4.57 Å². The van der Waals surface area contributed by atoms with Crippen LogP contribution in [0.2, 0.25) is 0 Å². The fourth-order valence-corrected chi connectivity index (χ4v) is 6.62. The third kappa shape index (κ3) is 3.31. The Morgan fingerprint density at radius 1 is 1.29 bits per heavy atom. The SMILES string of the molecule is Cc1ccccc1CSc1nc2sc3c(c2c(=O)n1C[C@H]1CCCO1)CCC3. The van der Waals surface area contributed by atoms with Gasteiger partial charge in [0.25, 0.3) is 5.56 Å². The van der Waals surface area contributed by atoms with Crippen molar-refractivity contribution in [2.45, 2.75) is 62.6 Å². The molecule has 1 saturated heterocycles. The third-order valence-corrected chi connectivity index (χ3v) is 8.03. The van der Waals surface area contributed by atoms with Gasteiger partial charge >= 0.3 is 0 Å². The van der Waals surface area contributed by atoms with Gasteiger partial charge in [0.15, 0.2) is 5.16 Å². The van der Waals surface area contributed by atoms with Crippen molar-refractivity contribution in [3.8, 4) is 0 Å². The van der Waals surface area contributed by atoms with Crippen molar-refractivity contribution in [1.82, 2.24) is 9.55 Å². The molecule has 1 atom stereocenters. The van der Waals surface area contributed by atoms with Crippen molar-refractivity contribution < 1.29 is 4.74 Å². The van der Waals surface area contributed by atoms with E-state index in [2.05, 4.69) is 31.2 Å². The highest BCUT2D eigenvalue weighted by atomic mass is 32.2. The molecule has 0 bridgehead atoms. The van der Waals surface area contributed by atoms with E-state index in [4.69, 9.17) is 9.72 Å². The number of nitrogens with zero attached hydrogens (tertiary/aromatic N) is 2. The van der Waals surface area contributed by atoms with E-state index >= 15 is 0 Å². The van der Waals surface area contributed by atoms with Crippen LogP contribution in [-0.2, 0) is 29.9 Å². The minimum absolute atomic E-state index is 0.126. The molecule has 3 aromatic rings. The second kappa shape index (κ2) is 7.65. The summed E-state index contributed by atoms with van der Waals surface area (Å²) in [6.07, 6.45) is 5.49. The number of hydrogen-bond donors (Lipinski definition) is 0. The standard InChI is InChI=1S/C22H24N2O2S2/c1-14-6-2-3-7-15(14)13-27-22-23-20-19(17-9-4-10-18(17)28-20)21(25)24(22)12-16-8-5-11-26-16/h2-3,6-7,16H,4-5,8-13H2,1H3/t16-/m1/s1. The monoisotopic (exact) mass is 412 g/mol. The lowest BCUT2D eigenvalue weighted by Gasteiger charge is -2.16. The van der Waals surface area contributed by atoms with E-state index in [9.17, 15) is 4.79 Å². The summed E-state index contributed by atoms with van der Waals surface area (Å²) in [5.74, 6) is 0.821. The fraction of sp³-hybridized carbons (Fsp3) is 0.455. The Labute approximate surface area is 172 Å². The van der Waals surface area contributed by atoms with Gasteiger partial charge in [-0.25, -0.2) is 4.98 Å². The summed E-state index contributed by atoms with van der Waals surface area (Å²) < 4.78 is 7.74. The molecule has 1 aliphatic carbocycles. The molecule has 0 amide bonds. The van der Waals surface area contributed by atoms with E-state index in [-0.39, 0.29) is 11.7 Å². The normalized spacial score (nSPS) is 18.8. The lowest BCUT2D eigenvalue weighted by molar-refractivity contribution is 0.0937. The Hall–Kier alpha value is -1.63. The number of aryl methyl sites for hydroxylation is 3. The van der Waals surface area contributed by atoms with Crippen molar-refractivity contribution in [1.29, 1.82) is 0 Å². The zero-order valence-electron chi connectivity index (χ0n) is 16.1. The van der Waals surface area contributed by atoms with Crippen LogP contribution in [0.15, 0.2) is 34.2 Å². The number of rotatable bonds is 5. The molecule has 0 radical (unpaired) electrons. The highest BCUT2D eigenvalue weighted by Crippen LogP contribution is 2.36. The Bertz CT molecular complexity index is 1080. The van der Waals surface area contributed by atoms with Crippen LogP contribution in [0, 0.1) is 6.92 Å².